The van der Waals surface area contributed by atoms with E-state index in [1.54, 1.807) is 12.3 Å². The molecule has 0 fully saturated rings. The van der Waals surface area contributed by atoms with Gasteiger partial charge in [0.2, 0.25) is 0 Å². The minimum absolute atomic E-state index is 0.00361. The third-order valence-electron chi connectivity index (χ3n) is 1.83. The average molecular weight is 215 g/mol. The molecule has 0 unspecified atom stereocenters. The van der Waals surface area contributed by atoms with Crippen LogP contribution in [0.25, 0.3) is 0 Å². The zero-order chi connectivity index (χ0) is 10.8. The van der Waals surface area contributed by atoms with Crippen LogP contribution in [-0.2, 0) is 16.4 Å². The van der Waals surface area contributed by atoms with E-state index in [9.17, 15) is 13.2 Å². The van der Waals surface area contributed by atoms with Crippen LogP contribution in [0.3, 0.4) is 0 Å². The van der Waals surface area contributed by atoms with Gasteiger partial charge in [0.05, 0.1) is 5.75 Å². The fourth-order valence-electron chi connectivity index (χ4n) is 1.09. The van der Waals surface area contributed by atoms with E-state index in [1.807, 2.05) is 6.92 Å². The SMILES string of the molecule is Cc1ccc(=O)n(CCS(C)(=O)=O)c1. The number of aryl methyl sites for hydroxylation is 2. The zero-order valence-electron chi connectivity index (χ0n) is 8.23. The van der Waals surface area contributed by atoms with Gasteiger partial charge < -0.3 is 4.57 Å². The maximum atomic E-state index is 11.3. The lowest BCUT2D eigenvalue weighted by Crippen LogP contribution is -2.22. The van der Waals surface area contributed by atoms with Crippen molar-refractivity contribution in [1.82, 2.24) is 4.57 Å². The standard InChI is InChI=1S/C9H13NO3S/c1-8-3-4-9(11)10(7-8)5-6-14(2,12)13/h3-4,7H,5-6H2,1-2H3. The van der Waals surface area contributed by atoms with Crippen molar-refractivity contribution in [3.8, 4) is 0 Å². The number of nitrogens with zero attached hydrogens (tertiary/aromatic N) is 1. The maximum absolute atomic E-state index is 11.3. The molecule has 0 aliphatic rings. The molecule has 1 aromatic heterocycles. The van der Waals surface area contributed by atoms with Gasteiger partial charge in [0, 0.05) is 25.1 Å². The Hall–Kier alpha value is -1.10. The predicted octanol–water partition coefficient (Wildman–Crippen LogP) is 0.201. The first-order chi connectivity index (χ1) is 6.38. The van der Waals surface area contributed by atoms with Crippen LogP contribution < -0.4 is 5.56 Å². The maximum Gasteiger partial charge on any atom is 0.250 e. The molecule has 0 N–H and O–H groups in total. The smallest absolute Gasteiger partial charge is 0.250 e. The van der Waals surface area contributed by atoms with Gasteiger partial charge in [-0.3, -0.25) is 4.79 Å². The zero-order valence-corrected chi connectivity index (χ0v) is 9.04. The fourth-order valence-corrected chi connectivity index (χ4v) is 1.62. The van der Waals surface area contributed by atoms with E-state index in [2.05, 4.69) is 0 Å². The van der Waals surface area contributed by atoms with Crippen LogP contribution in [0.4, 0.5) is 0 Å². The highest BCUT2D eigenvalue weighted by Gasteiger charge is 2.03. The molecule has 0 saturated carbocycles. The summed E-state index contributed by atoms with van der Waals surface area (Å²) in [6.45, 7) is 2.08. The Morgan fingerprint density at radius 3 is 2.57 bits per heavy atom. The van der Waals surface area contributed by atoms with E-state index in [1.165, 1.54) is 10.6 Å². The van der Waals surface area contributed by atoms with Crippen LogP contribution in [0, 0.1) is 6.92 Å². The summed E-state index contributed by atoms with van der Waals surface area (Å²) in [7, 11) is -3.01. The first-order valence-electron chi connectivity index (χ1n) is 4.23. The van der Waals surface area contributed by atoms with E-state index < -0.39 is 9.84 Å². The van der Waals surface area contributed by atoms with Gasteiger partial charge in [-0.05, 0) is 12.5 Å². The summed E-state index contributed by atoms with van der Waals surface area (Å²) in [5.74, 6) is -0.00361. The van der Waals surface area contributed by atoms with Crippen LogP contribution in [0.1, 0.15) is 5.56 Å². The molecule has 1 heterocycles. The van der Waals surface area contributed by atoms with Crippen molar-refractivity contribution in [3.63, 3.8) is 0 Å². The Labute approximate surface area is 83.1 Å². The van der Waals surface area contributed by atoms with Crippen molar-refractivity contribution in [2.24, 2.45) is 0 Å². The molecule has 0 spiro atoms. The summed E-state index contributed by atoms with van der Waals surface area (Å²) in [5.41, 5.74) is 0.775. The van der Waals surface area contributed by atoms with Crippen molar-refractivity contribution in [2.75, 3.05) is 12.0 Å². The molecule has 1 rings (SSSR count). The summed E-state index contributed by atoms with van der Waals surface area (Å²) >= 11 is 0. The highest BCUT2D eigenvalue weighted by Crippen LogP contribution is 1.93. The molecular weight excluding hydrogens is 202 g/mol. The Morgan fingerprint density at radius 2 is 2.00 bits per heavy atom. The van der Waals surface area contributed by atoms with Crippen LogP contribution in [0.5, 0.6) is 0 Å². The number of pyridine rings is 1. The summed E-state index contributed by atoms with van der Waals surface area (Å²) in [6, 6.07) is 3.15. The number of hydrogen-bond acceptors (Lipinski definition) is 3. The van der Waals surface area contributed by atoms with Gasteiger partial charge in [-0.1, -0.05) is 6.07 Å². The average Bonchev–Trinajstić information content (AvgIpc) is 2.05. The molecule has 4 nitrogen and oxygen atoms in total. The van der Waals surface area contributed by atoms with Gasteiger partial charge in [-0.2, -0.15) is 0 Å². The highest BCUT2D eigenvalue weighted by atomic mass is 32.2. The molecule has 0 aromatic carbocycles. The molecule has 0 saturated heterocycles. The van der Waals surface area contributed by atoms with E-state index >= 15 is 0 Å². The number of aromatic nitrogens is 1. The summed E-state index contributed by atoms with van der Waals surface area (Å²) in [6.07, 6.45) is 2.82. The summed E-state index contributed by atoms with van der Waals surface area (Å²) in [5, 5.41) is 0. The van der Waals surface area contributed by atoms with Crippen molar-refractivity contribution in [3.05, 3.63) is 34.2 Å². The Kier molecular flexibility index (Phi) is 3.10. The minimum Gasteiger partial charge on any atom is -0.314 e. The molecule has 78 valence electrons. The van der Waals surface area contributed by atoms with Crippen molar-refractivity contribution in [1.29, 1.82) is 0 Å². The highest BCUT2D eigenvalue weighted by molar-refractivity contribution is 7.90. The molecule has 0 atom stereocenters. The lowest BCUT2D eigenvalue weighted by atomic mass is 10.3. The third kappa shape index (κ3) is 3.33. The van der Waals surface area contributed by atoms with Gasteiger partial charge in [0.25, 0.3) is 5.56 Å². The molecule has 14 heavy (non-hydrogen) atoms. The van der Waals surface area contributed by atoms with Gasteiger partial charge in [0.15, 0.2) is 0 Å². The Bertz CT molecular complexity index is 473. The molecule has 5 heteroatoms. The lowest BCUT2D eigenvalue weighted by Gasteiger charge is -2.04. The number of hydrogen-bond donors (Lipinski definition) is 0. The summed E-state index contributed by atoms with van der Waals surface area (Å²) in [4.78, 5) is 11.3. The van der Waals surface area contributed by atoms with E-state index in [-0.39, 0.29) is 17.9 Å². The van der Waals surface area contributed by atoms with Crippen molar-refractivity contribution >= 4 is 9.84 Å². The van der Waals surface area contributed by atoms with Gasteiger partial charge in [-0.25, -0.2) is 8.42 Å². The third-order valence-corrected chi connectivity index (χ3v) is 2.76. The monoisotopic (exact) mass is 215 g/mol. The number of rotatable bonds is 3. The normalized spacial score (nSPS) is 11.6. The second-order valence-corrected chi connectivity index (χ2v) is 5.63. The first-order valence-corrected chi connectivity index (χ1v) is 6.29. The minimum atomic E-state index is -3.01. The predicted molar refractivity (Wildman–Crippen MR) is 55.1 cm³/mol. The molecule has 0 aliphatic heterocycles. The molecule has 1 aromatic rings. The number of sulfone groups is 1. The summed E-state index contributed by atoms with van der Waals surface area (Å²) < 4.78 is 23.2. The van der Waals surface area contributed by atoms with Crippen molar-refractivity contribution in [2.45, 2.75) is 13.5 Å². The van der Waals surface area contributed by atoms with E-state index in [0.29, 0.717) is 0 Å². The molecule has 0 bridgehead atoms. The van der Waals surface area contributed by atoms with Crippen molar-refractivity contribution < 1.29 is 8.42 Å². The van der Waals surface area contributed by atoms with Crippen LogP contribution in [0.2, 0.25) is 0 Å². The van der Waals surface area contributed by atoms with Gasteiger partial charge >= 0.3 is 0 Å². The van der Waals surface area contributed by atoms with Gasteiger partial charge in [-0.15, -0.1) is 0 Å². The molecular formula is C9H13NO3S. The second kappa shape index (κ2) is 3.96. The molecule has 0 aliphatic carbocycles. The largest absolute Gasteiger partial charge is 0.314 e. The van der Waals surface area contributed by atoms with E-state index in [4.69, 9.17) is 0 Å². The van der Waals surface area contributed by atoms with Gasteiger partial charge in [0.1, 0.15) is 9.84 Å². The van der Waals surface area contributed by atoms with E-state index in [0.717, 1.165) is 11.8 Å². The van der Waals surface area contributed by atoms with Crippen LogP contribution >= 0.6 is 0 Å². The van der Waals surface area contributed by atoms with Crippen LogP contribution in [-0.4, -0.2) is 25.0 Å². The molecule has 0 radical (unpaired) electrons. The Balaban J connectivity index is 2.87. The lowest BCUT2D eigenvalue weighted by molar-refractivity contribution is 0.592. The fraction of sp³-hybridized carbons (Fsp3) is 0.444. The molecule has 0 amide bonds. The quantitative estimate of drug-likeness (QED) is 0.724. The Morgan fingerprint density at radius 1 is 1.36 bits per heavy atom. The van der Waals surface area contributed by atoms with Crippen LogP contribution in [0.15, 0.2) is 23.1 Å². The topological polar surface area (TPSA) is 56.1 Å². The second-order valence-electron chi connectivity index (χ2n) is 3.37. The first kappa shape index (κ1) is 11.0.